The number of carbonyl (C=O) groups excluding carboxylic acids is 1. The van der Waals surface area contributed by atoms with Gasteiger partial charge in [-0.3, -0.25) is 4.79 Å². The number of para-hydroxylation sites is 1. The first kappa shape index (κ1) is 17.9. The summed E-state index contributed by atoms with van der Waals surface area (Å²) in [4.78, 5) is 12.8. The second-order valence-corrected chi connectivity index (χ2v) is 7.21. The first-order chi connectivity index (χ1) is 13.1. The molecule has 3 atom stereocenters. The topological polar surface area (TPSA) is 50.4 Å². The van der Waals surface area contributed by atoms with Gasteiger partial charge < -0.3 is 15.4 Å². The van der Waals surface area contributed by atoms with Crippen molar-refractivity contribution in [1.29, 1.82) is 0 Å². The van der Waals surface area contributed by atoms with Crippen LogP contribution >= 0.6 is 0 Å². The third-order valence-electron chi connectivity index (χ3n) is 5.43. The minimum absolute atomic E-state index is 0.0536. The molecule has 3 unspecified atom stereocenters. The maximum atomic E-state index is 13.7. The third kappa shape index (κ3) is 3.81. The molecule has 142 valence electrons. The highest BCUT2D eigenvalue weighted by atomic mass is 19.2. The second kappa shape index (κ2) is 7.64. The van der Waals surface area contributed by atoms with E-state index >= 15 is 0 Å². The van der Waals surface area contributed by atoms with Crippen LogP contribution < -0.4 is 15.4 Å². The van der Waals surface area contributed by atoms with Crippen LogP contribution in [0.5, 0.6) is 5.75 Å². The van der Waals surface area contributed by atoms with Crippen LogP contribution in [0.3, 0.4) is 0 Å². The summed E-state index contributed by atoms with van der Waals surface area (Å²) in [6.07, 6.45) is 1.39. The maximum Gasteiger partial charge on any atom is 0.227 e. The molecule has 0 aromatic heterocycles. The number of halogens is 2. The lowest BCUT2D eigenvalue weighted by Crippen LogP contribution is -2.52. The highest BCUT2D eigenvalue weighted by Gasteiger charge is 2.32. The summed E-state index contributed by atoms with van der Waals surface area (Å²) in [5.74, 6) is -1.25. The molecule has 4 nitrogen and oxygen atoms in total. The molecule has 2 aromatic rings. The van der Waals surface area contributed by atoms with Crippen LogP contribution in [-0.4, -0.2) is 31.6 Å². The molecule has 0 saturated carbocycles. The molecular weight excluding hydrogens is 350 g/mol. The van der Waals surface area contributed by atoms with E-state index in [4.69, 9.17) is 4.74 Å². The van der Waals surface area contributed by atoms with Crippen LogP contribution in [0.4, 0.5) is 8.78 Å². The Balaban J connectivity index is 1.47. The Morgan fingerprint density at radius 3 is 2.85 bits per heavy atom. The molecular formula is C21H22F2N2O2. The van der Waals surface area contributed by atoms with Gasteiger partial charge in [-0.2, -0.15) is 0 Å². The number of piperidine rings is 1. The lowest BCUT2D eigenvalue weighted by atomic mass is 9.85. The molecule has 6 heteroatoms. The standard InChI is InChI=1S/C21H22F2N2O2/c22-17-6-5-13(10-18(17)23)16-7-8-24-11-19(16)25-21(26)15-9-14-3-1-2-4-20(14)27-12-15/h1-6,10,15-16,19,24H,7-9,11-12H2,(H,25,26). The molecule has 0 spiro atoms. The van der Waals surface area contributed by atoms with Crippen molar-refractivity contribution in [3.8, 4) is 5.75 Å². The van der Waals surface area contributed by atoms with Gasteiger partial charge in [0, 0.05) is 18.5 Å². The van der Waals surface area contributed by atoms with Crippen molar-refractivity contribution >= 4 is 5.91 Å². The van der Waals surface area contributed by atoms with E-state index in [9.17, 15) is 13.6 Å². The summed E-state index contributed by atoms with van der Waals surface area (Å²) in [5.41, 5.74) is 1.74. The van der Waals surface area contributed by atoms with Crippen LogP contribution in [-0.2, 0) is 11.2 Å². The largest absolute Gasteiger partial charge is 0.492 e. The summed E-state index contributed by atoms with van der Waals surface area (Å²) in [6, 6.07) is 11.6. The molecule has 4 rings (SSSR count). The van der Waals surface area contributed by atoms with Crippen LogP contribution in [0.15, 0.2) is 42.5 Å². The van der Waals surface area contributed by atoms with E-state index in [2.05, 4.69) is 10.6 Å². The summed E-state index contributed by atoms with van der Waals surface area (Å²) >= 11 is 0. The number of carbonyl (C=O) groups is 1. The van der Waals surface area contributed by atoms with Crippen LogP contribution in [0, 0.1) is 17.6 Å². The lowest BCUT2D eigenvalue weighted by Gasteiger charge is -2.35. The Bertz CT molecular complexity index is 843. The molecule has 0 radical (unpaired) electrons. The molecule has 2 N–H and O–H groups in total. The SMILES string of the molecule is O=C(NC1CNCCC1c1ccc(F)c(F)c1)C1COc2ccccc2C1. The first-order valence-electron chi connectivity index (χ1n) is 9.28. The third-order valence-corrected chi connectivity index (χ3v) is 5.43. The molecule has 2 aliphatic rings. The zero-order chi connectivity index (χ0) is 18.8. The van der Waals surface area contributed by atoms with E-state index in [0.29, 0.717) is 25.1 Å². The highest BCUT2D eigenvalue weighted by molar-refractivity contribution is 5.80. The number of nitrogens with one attached hydrogen (secondary N) is 2. The smallest absolute Gasteiger partial charge is 0.227 e. The zero-order valence-corrected chi connectivity index (χ0v) is 14.9. The van der Waals surface area contributed by atoms with Gasteiger partial charge in [0.15, 0.2) is 11.6 Å². The predicted octanol–water partition coefficient (Wildman–Crippen LogP) is 2.78. The Hall–Kier alpha value is -2.47. The van der Waals surface area contributed by atoms with Crippen molar-refractivity contribution in [2.75, 3.05) is 19.7 Å². The number of rotatable bonds is 3. The minimum Gasteiger partial charge on any atom is -0.492 e. The maximum absolute atomic E-state index is 13.7. The summed E-state index contributed by atoms with van der Waals surface area (Å²) < 4.78 is 32.6. The van der Waals surface area contributed by atoms with E-state index in [1.165, 1.54) is 6.07 Å². The van der Waals surface area contributed by atoms with Crippen molar-refractivity contribution in [3.63, 3.8) is 0 Å². The average Bonchev–Trinajstić information content (AvgIpc) is 2.70. The van der Waals surface area contributed by atoms with Crippen LogP contribution in [0.1, 0.15) is 23.5 Å². The van der Waals surface area contributed by atoms with Gasteiger partial charge in [0.2, 0.25) is 5.91 Å². The van der Waals surface area contributed by atoms with Gasteiger partial charge in [-0.25, -0.2) is 8.78 Å². The fourth-order valence-electron chi connectivity index (χ4n) is 3.95. The van der Waals surface area contributed by atoms with Gasteiger partial charge in [0.1, 0.15) is 12.4 Å². The molecule has 0 aliphatic carbocycles. The highest BCUT2D eigenvalue weighted by Crippen LogP contribution is 2.29. The van der Waals surface area contributed by atoms with E-state index in [0.717, 1.165) is 30.3 Å². The quantitative estimate of drug-likeness (QED) is 0.871. The van der Waals surface area contributed by atoms with Crippen LogP contribution in [0.2, 0.25) is 0 Å². The Kier molecular flexibility index (Phi) is 5.07. The molecule has 2 aromatic carbocycles. The minimum atomic E-state index is -0.855. The number of fused-ring (bicyclic) bond motifs is 1. The summed E-state index contributed by atoms with van der Waals surface area (Å²) in [6.45, 7) is 1.72. The normalized spacial score (nSPS) is 24.6. The summed E-state index contributed by atoms with van der Waals surface area (Å²) in [7, 11) is 0. The van der Waals surface area contributed by atoms with Crippen molar-refractivity contribution in [2.24, 2.45) is 5.92 Å². The zero-order valence-electron chi connectivity index (χ0n) is 14.9. The fraction of sp³-hybridized carbons (Fsp3) is 0.381. The molecule has 1 amide bonds. The fourth-order valence-corrected chi connectivity index (χ4v) is 3.95. The lowest BCUT2D eigenvalue weighted by molar-refractivity contribution is -0.127. The van der Waals surface area contributed by atoms with E-state index in [1.54, 1.807) is 6.07 Å². The van der Waals surface area contributed by atoms with Crippen LogP contribution in [0.25, 0.3) is 0 Å². The monoisotopic (exact) mass is 372 g/mol. The number of hydrogen-bond acceptors (Lipinski definition) is 3. The number of ether oxygens (including phenoxy) is 1. The summed E-state index contributed by atoms with van der Waals surface area (Å²) in [5, 5.41) is 6.38. The Morgan fingerprint density at radius 1 is 1.15 bits per heavy atom. The predicted molar refractivity (Wildman–Crippen MR) is 97.6 cm³/mol. The second-order valence-electron chi connectivity index (χ2n) is 7.21. The number of benzene rings is 2. The van der Waals surface area contributed by atoms with Gasteiger partial charge in [-0.05, 0) is 48.7 Å². The van der Waals surface area contributed by atoms with Crippen molar-refractivity contribution in [2.45, 2.75) is 24.8 Å². The number of hydrogen-bond donors (Lipinski definition) is 2. The Labute approximate surface area is 156 Å². The van der Waals surface area contributed by atoms with Gasteiger partial charge >= 0.3 is 0 Å². The number of amides is 1. The van der Waals surface area contributed by atoms with Gasteiger partial charge in [-0.1, -0.05) is 24.3 Å². The average molecular weight is 372 g/mol. The van der Waals surface area contributed by atoms with Crippen molar-refractivity contribution in [1.82, 2.24) is 10.6 Å². The molecule has 0 bridgehead atoms. The van der Waals surface area contributed by atoms with Crippen molar-refractivity contribution < 1.29 is 18.3 Å². The van der Waals surface area contributed by atoms with Gasteiger partial charge in [0.25, 0.3) is 0 Å². The molecule has 1 saturated heterocycles. The first-order valence-corrected chi connectivity index (χ1v) is 9.28. The van der Waals surface area contributed by atoms with Gasteiger partial charge in [0.05, 0.1) is 5.92 Å². The molecule has 2 heterocycles. The molecule has 2 aliphatic heterocycles. The van der Waals surface area contributed by atoms with E-state index < -0.39 is 11.6 Å². The van der Waals surface area contributed by atoms with Gasteiger partial charge in [-0.15, -0.1) is 0 Å². The molecule has 27 heavy (non-hydrogen) atoms. The van der Waals surface area contributed by atoms with E-state index in [1.807, 2.05) is 24.3 Å². The Morgan fingerprint density at radius 2 is 2.00 bits per heavy atom. The van der Waals surface area contributed by atoms with E-state index in [-0.39, 0.29) is 23.8 Å². The molecule has 1 fully saturated rings. The van der Waals surface area contributed by atoms with Crippen molar-refractivity contribution in [3.05, 3.63) is 65.2 Å².